The highest BCUT2D eigenvalue weighted by atomic mass is 32.1. The van der Waals surface area contributed by atoms with Gasteiger partial charge in [0.1, 0.15) is 5.82 Å². The summed E-state index contributed by atoms with van der Waals surface area (Å²) >= 11 is 1.81. The van der Waals surface area contributed by atoms with E-state index in [9.17, 15) is 0 Å². The summed E-state index contributed by atoms with van der Waals surface area (Å²) in [5.41, 5.74) is 1.84. The number of anilines is 1. The van der Waals surface area contributed by atoms with E-state index in [1.165, 1.54) is 9.75 Å². The standard InChI is InChI=1S/C15H15N3S/c1-10-7-8-14(19-10)11(2)17-15-9-16-12-5-3-4-6-13(12)18-15/h3-9,11H,1-2H3,(H,17,18). The van der Waals surface area contributed by atoms with Crippen LogP contribution in [-0.4, -0.2) is 9.97 Å². The Morgan fingerprint density at radius 3 is 2.63 bits per heavy atom. The van der Waals surface area contributed by atoms with E-state index in [0.717, 1.165) is 16.9 Å². The number of nitrogens with zero attached hydrogens (tertiary/aromatic N) is 2. The number of hydrogen-bond acceptors (Lipinski definition) is 4. The van der Waals surface area contributed by atoms with Crippen molar-refractivity contribution in [1.29, 1.82) is 0 Å². The predicted octanol–water partition coefficient (Wildman–Crippen LogP) is 4.17. The lowest BCUT2D eigenvalue weighted by Gasteiger charge is -2.12. The molecule has 0 bridgehead atoms. The highest BCUT2D eigenvalue weighted by molar-refractivity contribution is 7.12. The van der Waals surface area contributed by atoms with Crippen LogP contribution in [0, 0.1) is 6.92 Å². The summed E-state index contributed by atoms with van der Waals surface area (Å²) in [4.78, 5) is 11.6. The van der Waals surface area contributed by atoms with Crippen LogP contribution in [0.2, 0.25) is 0 Å². The number of rotatable bonds is 3. The average molecular weight is 269 g/mol. The second-order valence-electron chi connectivity index (χ2n) is 4.56. The number of para-hydroxylation sites is 2. The molecular weight excluding hydrogens is 254 g/mol. The minimum atomic E-state index is 0.245. The van der Waals surface area contributed by atoms with Gasteiger partial charge in [-0.2, -0.15) is 0 Å². The topological polar surface area (TPSA) is 37.8 Å². The van der Waals surface area contributed by atoms with Gasteiger partial charge in [0.2, 0.25) is 0 Å². The molecule has 0 saturated heterocycles. The van der Waals surface area contributed by atoms with Crippen molar-refractivity contribution >= 4 is 28.2 Å². The molecule has 2 heterocycles. The molecule has 4 heteroatoms. The first kappa shape index (κ1) is 12.1. The van der Waals surface area contributed by atoms with Crippen LogP contribution >= 0.6 is 11.3 Å². The van der Waals surface area contributed by atoms with Crippen LogP contribution in [0.5, 0.6) is 0 Å². The SMILES string of the molecule is Cc1ccc(C(C)Nc2cnc3ccccc3n2)s1. The Hall–Kier alpha value is -1.94. The summed E-state index contributed by atoms with van der Waals surface area (Å²) in [6.45, 7) is 4.26. The molecule has 2 aromatic heterocycles. The van der Waals surface area contributed by atoms with Gasteiger partial charge in [-0.25, -0.2) is 4.98 Å². The highest BCUT2D eigenvalue weighted by Gasteiger charge is 2.08. The fraction of sp³-hybridized carbons (Fsp3) is 0.200. The number of nitrogens with one attached hydrogen (secondary N) is 1. The van der Waals surface area contributed by atoms with Gasteiger partial charge in [-0.1, -0.05) is 12.1 Å². The molecule has 0 fully saturated rings. The Morgan fingerprint density at radius 1 is 1.11 bits per heavy atom. The van der Waals surface area contributed by atoms with E-state index in [1.807, 2.05) is 35.6 Å². The summed E-state index contributed by atoms with van der Waals surface area (Å²) in [5.74, 6) is 0.817. The van der Waals surface area contributed by atoms with E-state index in [1.54, 1.807) is 6.20 Å². The minimum absolute atomic E-state index is 0.245. The summed E-state index contributed by atoms with van der Waals surface area (Å²) in [7, 11) is 0. The van der Waals surface area contributed by atoms with Crippen LogP contribution in [0.25, 0.3) is 11.0 Å². The Bertz CT molecular complexity index is 705. The third-order valence-corrected chi connectivity index (χ3v) is 4.18. The molecule has 1 aromatic carbocycles. The molecule has 3 rings (SSSR count). The fourth-order valence-corrected chi connectivity index (χ4v) is 2.89. The molecule has 1 N–H and O–H groups in total. The Morgan fingerprint density at radius 2 is 1.89 bits per heavy atom. The van der Waals surface area contributed by atoms with E-state index in [0.29, 0.717) is 0 Å². The zero-order valence-electron chi connectivity index (χ0n) is 10.9. The van der Waals surface area contributed by atoms with Crippen LogP contribution in [0.15, 0.2) is 42.6 Å². The smallest absolute Gasteiger partial charge is 0.145 e. The maximum Gasteiger partial charge on any atom is 0.145 e. The van der Waals surface area contributed by atoms with Crippen molar-refractivity contribution in [1.82, 2.24) is 9.97 Å². The van der Waals surface area contributed by atoms with Crippen LogP contribution in [0.3, 0.4) is 0 Å². The van der Waals surface area contributed by atoms with Crippen LogP contribution in [0.1, 0.15) is 22.7 Å². The largest absolute Gasteiger partial charge is 0.361 e. The number of aromatic nitrogens is 2. The Labute approximate surface area is 116 Å². The van der Waals surface area contributed by atoms with Crippen molar-refractivity contribution < 1.29 is 0 Å². The minimum Gasteiger partial charge on any atom is -0.361 e. The molecule has 3 nitrogen and oxygen atoms in total. The van der Waals surface area contributed by atoms with Gasteiger partial charge in [-0.3, -0.25) is 4.98 Å². The van der Waals surface area contributed by atoms with E-state index in [-0.39, 0.29) is 6.04 Å². The quantitative estimate of drug-likeness (QED) is 0.775. The van der Waals surface area contributed by atoms with Gasteiger partial charge in [0.15, 0.2) is 0 Å². The summed E-state index contributed by atoms with van der Waals surface area (Å²) in [6, 6.07) is 12.4. The number of aryl methyl sites for hydroxylation is 1. The molecule has 96 valence electrons. The van der Waals surface area contributed by atoms with Gasteiger partial charge in [0.05, 0.1) is 23.3 Å². The van der Waals surface area contributed by atoms with Crippen molar-refractivity contribution in [3.05, 3.63) is 52.3 Å². The second-order valence-corrected chi connectivity index (χ2v) is 5.88. The van der Waals surface area contributed by atoms with Gasteiger partial charge < -0.3 is 5.32 Å². The van der Waals surface area contributed by atoms with Crippen molar-refractivity contribution in [2.75, 3.05) is 5.32 Å². The van der Waals surface area contributed by atoms with Crippen LogP contribution < -0.4 is 5.32 Å². The van der Waals surface area contributed by atoms with Gasteiger partial charge in [-0.05, 0) is 38.1 Å². The van der Waals surface area contributed by atoms with Crippen molar-refractivity contribution in [2.24, 2.45) is 0 Å². The predicted molar refractivity (Wildman–Crippen MR) is 80.6 cm³/mol. The van der Waals surface area contributed by atoms with Crippen molar-refractivity contribution in [3.63, 3.8) is 0 Å². The lowest BCUT2D eigenvalue weighted by atomic mass is 10.2. The highest BCUT2D eigenvalue weighted by Crippen LogP contribution is 2.25. The third kappa shape index (κ3) is 2.58. The second kappa shape index (κ2) is 4.97. The molecule has 0 amide bonds. The molecule has 0 aliphatic rings. The molecule has 1 atom stereocenters. The maximum absolute atomic E-state index is 4.58. The zero-order valence-corrected chi connectivity index (χ0v) is 11.7. The van der Waals surface area contributed by atoms with Gasteiger partial charge in [-0.15, -0.1) is 11.3 Å². The van der Waals surface area contributed by atoms with Crippen molar-refractivity contribution in [2.45, 2.75) is 19.9 Å². The Balaban J connectivity index is 1.84. The maximum atomic E-state index is 4.58. The molecule has 19 heavy (non-hydrogen) atoms. The number of fused-ring (bicyclic) bond motifs is 1. The van der Waals surface area contributed by atoms with E-state index < -0.39 is 0 Å². The first-order valence-corrected chi connectivity index (χ1v) is 7.09. The number of hydrogen-bond donors (Lipinski definition) is 1. The van der Waals surface area contributed by atoms with Gasteiger partial charge in [0.25, 0.3) is 0 Å². The molecular formula is C15H15N3S. The first-order valence-electron chi connectivity index (χ1n) is 6.27. The molecule has 3 aromatic rings. The summed E-state index contributed by atoms with van der Waals surface area (Å²) in [5, 5.41) is 3.40. The molecule has 1 unspecified atom stereocenters. The first-order chi connectivity index (χ1) is 9.22. The third-order valence-electron chi connectivity index (χ3n) is 3.00. The summed E-state index contributed by atoms with van der Waals surface area (Å²) < 4.78 is 0. The number of benzene rings is 1. The van der Waals surface area contributed by atoms with Crippen LogP contribution in [0.4, 0.5) is 5.82 Å². The lowest BCUT2D eigenvalue weighted by molar-refractivity contribution is 0.896. The van der Waals surface area contributed by atoms with E-state index in [4.69, 9.17) is 0 Å². The lowest BCUT2D eigenvalue weighted by Crippen LogP contribution is -2.06. The monoisotopic (exact) mass is 269 g/mol. The fourth-order valence-electron chi connectivity index (χ4n) is 2.01. The molecule has 0 spiro atoms. The van der Waals surface area contributed by atoms with E-state index in [2.05, 4.69) is 41.3 Å². The average Bonchev–Trinajstić information content (AvgIpc) is 2.85. The van der Waals surface area contributed by atoms with Gasteiger partial charge >= 0.3 is 0 Å². The summed E-state index contributed by atoms with van der Waals surface area (Å²) in [6.07, 6.45) is 1.79. The normalized spacial score (nSPS) is 12.5. The molecule has 0 radical (unpaired) electrons. The number of thiophene rings is 1. The van der Waals surface area contributed by atoms with Gasteiger partial charge in [0, 0.05) is 9.75 Å². The molecule has 0 saturated carbocycles. The van der Waals surface area contributed by atoms with E-state index >= 15 is 0 Å². The van der Waals surface area contributed by atoms with Crippen molar-refractivity contribution in [3.8, 4) is 0 Å². The zero-order chi connectivity index (χ0) is 13.2. The van der Waals surface area contributed by atoms with Crippen LogP contribution in [-0.2, 0) is 0 Å². The molecule has 0 aliphatic heterocycles. The Kier molecular flexibility index (Phi) is 3.17. The molecule has 0 aliphatic carbocycles.